The molecule has 0 aliphatic carbocycles. The first-order chi connectivity index (χ1) is 13.2. The minimum Gasteiger partial charge on any atom is -0.350 e. The number of nitrogens with zero attached hydrogens (tertiary/aromatic N) is 3. The molecule has 140 valence electrons. The first kappa shape index (κ1) is 17.7. The number of halogens is 1. The molecule has 1 saturated heterocycles. The quantitative estimate of drug-likeness (QED) is 0.602. The Hall–Kier alpha value is -2.65. The zero-order valence-corrected chi connectivity index (χ0v) is 15.4. The highest BCUT2D eigenvalue weighted by atomic mass is 32.1. The largest absolute Gasteiger partial charge is 0.350 e. The first-order valence-electron chi connectivity index (χ1n) is 8.79. The van der Waals surface area contributed by atoms with Crippen LogP contribution in [0.4, 0.5) is 10.3 Å². The summed E-state index contributed by atoms with van der Waals surface area (Å²) in [6.45, 7) is 1.88. The topological polar surface area (TPSA) is 91.8 Å². The van der Waals surface area contributed by atoms with Crippen molar-refractivity contribution in [1.29, 1.82) is 0 Å². The number of hydrogen-bond acceptors (Lipinski definition) is 7. The van der Waals surface area contributed by atoms with Crippen molar-refractivity contribution in [2.75, 3.05) is 18.4 Å². The van der Waals surface area contributed by atoms with Crippen molar-refractivity contribution >= 4 is 33.4 Å². The SMILES string of the molecule is O=C(NC[C@H]1CCCN1)c1nc(NCc2cncc(F)c2)nc2ccsc12. The van der Waals surface area contributed by atoms with Gasteiger partial charge in [0, 0.05) is 25.3 Å². The molecular weight excluding hydrogens is 367 g/mol. The van der Waals surface area contributed by atoms with Gasteiger partial charge in [-0.25, -0.2) is 14.4 Å². The van der Waals surface area contributed by atoms with Gasteiger partial charge in [-0.15, -0.1) is 11.3 Å². The minimum absolute atomic E-state index is 0.214. The van der Waals surface area contributed by atoms with Gasteiger partial charge >= 0.3 is 0 Å². The molecule has 4 rings (SSSR count). The average Bonchev–Trinajstić information content (AvgIpc) is 3.35. The number of hydrogen-bond donors (Lipinski definition) is 3. The third-order valence-electron chi connectivity index (χ3n) is 4.40. The summed E-state index contributed by atoms with van der Waals surface area (Å²) >= 11 is 1.44. The zero-order valence-electron chi connectivity index (χ0n) is 14.5. The van der Waals surface area contributed by atoms with Crippen LogP contribution in [0.25, 0.3) is 10.2 Å². The molecule has 0 spiro atoms. The summed E-state index contributed by atoms with van der Waals surface area (Å²) < 4.78 is 14.0. The number of rotatable bonds is 6. The van der Waals surface area contributed by atoms with E-state index >= 15 is 0 Å². The second-order valence-corrected chi connectivity index (χ2v) is 7.32. The summed E-state index contributed by atoms with van der Waals surface area (Å²) in [7, 11) is 0. The summed E-state index contributed by atoms with van der Waals surface area (Å²) in [5, 5.41) is 11.2. The second-order valence-electron chi connectivity index (χ2n) is 6.40. The highest BCUT2D eigenvalue weighted by molar-refractivity contribution is 7.17. The molecule has 1 aliphatic rings. The molecule has 0 saturated carbocycles. The zero-order chi connectivity index (χ0) is 18.6. The van der Waals surface area contributed by atoms with Crippen LogP contribution >= 0.6 is 11.3 Å². The van der Waals surface area contributed by atoms with Crippen molar-refractivity contribution in [2.24, 2.45) is 0 Å². The van der Waals surface area contributed by atoms with Gasteiger partial charge in [-0.3, -0.25) is 9.78 Å². The molecule has 0 aromatic carbocycles. The Morgan fingerprint density at radius 2 is 2.30 bits per heavy atom. The molecule has 27 heavy (non-hydrogen) atoms. The molecule has 1 atom stereocenters. The number of carbonyl (C=O) groups excluding carboxylic acids is 1. The molecule has 1 aliphatic heterocycles. The number of fused-ring (bicyclic) bond motifs is 1. The van der Waals surface area contributed by atoms with Crippen LogP contribution in [-0.2, 0) is 6.54 Å². The third kappa shape index (κ3) is 4.20. The predicted molar refractivity (Wildman–Crippen MR) is 102 cm³/mol. The molecule has 0 radical (unpaired) electrons. The van der Waals surface area contributed by atoms with Gasteiger partial charge in [-0.2, -0.15) is 0 Å². The van der Waals surface area contributed by atoms with Crippen LogP contribution in [0, 0.1) is 5.82 Å². The van der Waals surface area contributed by atoms with E-state index in [1.807, 2.05) is 11.4 Å². The summed E-state index contributed by atoms with van der Waals surface area (Å²) in [5.74, 6) is -0.285. The number of carbonyl (C=O) groups is 1. The van der Waals surface area contributed by atoms with Gasteiger partial charge in [0.15, 0.2) is 5.69 Å². The molecule has 0 unspecified atom stereocenters. The molecule has 1 fully saturated rings. The van der Waals surface area contributed by atoms with Crippen molar-refractivity contribution in [1.82, 2.24) is 25.6 Å². The smallest absolute Gasteiger partial charge is 0.271 e. The fourth-order valence-corrected chi connectivity index (χ4v) is 3.88. The first-order valence-corrected chi connectivity index (χ1v) is 9.67. The molecular formula is C18H19FN6OS. The monoisotopic (exact) mass is 386 g/mol. The summed E-state index contributed by atoms with van der Waals surface area (Å²) in [4.78, 5) is 25.3. The highest BCUT2D eigenvalue weighted by Gasteiger charge is 2.19. The number of nitrogens with one attached hydrogen (secondary N) is 3. The minimum atomic E-state index is -0.399. The van der Waals surface area contributed by atoms with E-state index in [-0.39, 0.29) is 5.91 Å². The molecule has 0 bridgehead atoms. The van der Waals surface area contributed by atoms with E-state index in [0.29, 0.717) is 41.9 Å². The van der Waals surface area contributed by atoms with E-state index in [0.717, 1.165) is 30.3 Å². The van der Waals surface area contributed by atoms with Gasteiger partial charge in [0.25, 0.3) is 5.91 Å². The van der Waals surface area contributed by atoms with E-state index in [9.17, 15) is 9.18 Å². The van der Waals surface area contributed by atoms with Gasteiger partial charge in [0.05, 0.1) is 16.4 Å². The number of aromatic nitrogens is 3. The maximum absolute atomic E-state index is 13.3. The van der Waals surface area contributed by atoms with E-state index in [1.54, 1.807) is 6.20 Å². The molecule has 3 aromatic rings. The fraction of sp³-hybridized carbons (Fsp3) is 0.333. The van der Waals surface area contributed by atoms with Crippen molar-refractivity contribution in [3.8, 4) is 0 Å². The van der Waals surface area contributed by atoms with Crippen molar-refractivity contribution in [3.05, 3.63) is 47.0 Å². The Morgan fingerprint density at radius 1 is 1.37 bits per heavy atom. The molecule has 9 heteroatoms. The predicted octanol–water partition coefficient (Wildman–Crippen LogP) is 2.32. The number of pyridine rings is 1. The highest BCUT2D eigenvalue weighted by Crippen LogP contribution is 2.24. The molecule has 3 aromatic heterocycles. The normalized spacial score (nSPS) is 16.6. The van der Waals surface area contributed by atoms with Crippen LogP contribution in [0.2, 0.25) is 0 Å². The van der Waals surface area contributed by atoms with Crippen LogP contribution in [0.15, 0.2) is 29.9 Å². The Labute approximate surface area is 159 Å². The van der Waals surface area contributed by atoms with E-state index in [1.165, 1.54) is 17.4 Å². The lowest BCUT2D eigenvalue weighted by atomic mass is 10.2. The van der Waals surface area contributed by atoms with Crippen molar-refractivity contribution in [3.63, 3.8) is 0 Å². The van der Waals surface area contributed by atoms with Gasteiger partial charge in [0.1, 0.15) is 5.82 Å². The summed E-state index contributed by atoms with van der Waals surface area (Å²) in [6.07, 6.45) is 4.92. The van der Waals surface area contributed by atoms with Gasteiger partial charge in [-0.1, -0.05) is 0 Å². The Kier molecular flexibility index (Phi) is 5.21. The molecule has 3 N–H and O–H groups in total. The van der Waals surface area contributed by atoms with Crippen LogP contribution in [0.5, 0.6) is 0 Å². The van der Waals surface area contributed by atoms with Crippen LogP contribution < -0.4 is 16.0 Å². The number of anilines is 1. The Balaban J connectivity index is 1.51. The average molecular weight is 386 g/mol. The number of amides is 1. The van der Waals surface area contributed by atoms with Crippen LogP contribution in [0.1, 0.15) is 28.9 Å². The van der Waals surface area contributed by atoms with Crippen molar-refractivity contribution in [2.45, 2.75) is 25.4 Å². The van der Waals surface area contributed by atoms with Crippen LogP contribution in [0.3, 0.4) is 0 Å². The molecule has 1 amide bonds. The lowest BCUT2D eigenvalue weighted by molar-refractivity contribution is 0.0947. The van der Waals surface area contributed by atoms with Gasteiger partial charge in [0.2, 0.25) is 5.95 Å². The number of thiophene rings is 1. The maximum Gasteiger partial charge on any atom is 0.271 e. The van der Waals surface area contributed by atoms with Crippen molar-refractivity contribution < 1.29 is 9.18 Å². The Bertz CT molecular complexity index is 956. The van der Waals surface area contributed by atoms with Crippen LogP contribution in [-0.4, -0.2) is 40.0 Å². The fourth-order valence-electron chi connectivity index (χ4n) is 3.06. The standard InChI is InChI=1S/C18H19FN6OS/c19-12-6-11(7-20-9-12)8-23-18-24-14-3-5-27-16(14)15(25-18)17(26)22-10-13-2-1-4-21-13/h3,5-7,9,13,21H,1-2,4,8,10H2,(H,22,26)(H,23,24,25)/t13-/m1/s1. The summed E-state index contributed by atoms with van der Waals surface area (Å²) in [6, 6.07) is 3.56. The Morgan fingerprint density at radius 3 is 3.11 bits per heavy atom. The lowest BCUT2D eigenvalue weighted by Gasteiger charge is -2.12. The molecule has 4 heterocycles. The van der Waals surface area contributed by atoms with E-state index in [2.05, 4.69) is 30.9 Å². The molecule has 7 nitrogen and oxygen atoms in total. The van der Waals surface area contributed by atoms with Gasteiger partial charge < -0.3 is 16.0 Å². The maximum atomic E-state index is 13.3. The van der Waals surface area contributed by atoms with Gasteiger partial charge in [-0.05, 0) is 42.5 Å². The third-order valence-corrected chi connectivity index (χ3v) is 5.31. The lowest BCUT2D eigenvalue weighted by Crippen LogP contribution is -2.37. The second kappa shape index (κ2) is 7.93. The van der Waals surface area contributed by atoms with E-state index < -0.39 is 5.82 Å². The van der Waals surface area contributed by atoms with E-state index in [4.69, 9.17) is 0 Å². The summed E-state index contributed by atoms with van der Waals surface area (Å²) in [5.41, 5.74) is 1.73.